The molecule has 19 heavy (non-hydrogen) atoms. The number of halogens is 1. The highest BCUT2D eigenvalue weighted by Gasteiger charge is 2.21. The average molecular weight is 324 g/mol. The van der Waals surface area contributed by atoms with Gasteiger partial charge in [-0.1, -0.05) is 41.4 Å². The van der Waals surface area contributed by atoms with Gasteiger partial charge in [0.25, 0.3) is 0 Å². The van der Waals surface area contributed by atoms with Crippen LogP contribution in [-0.4, -0.2) is 30.3 Å². The van der Waals surface area contributed by atoms with E-state index in [2.05, 4.69) is 27.8 Å². The summed E-state index contributed by atoms with van der Waals surface area (Å²) >= 11 is 3.41. The second-order valence-electron chi connectivity index (χ2n) is 5.43. The van der Waals surface area contributed by atoms with Crippen LogP contribution in [0.4, 0.5) is 0 Å². The first-order valence-corrected chi connectivity index (χ1v) is 7.99. The fourth-order valence-electron chi connectivity index (χ4n) is 2.83. The van der Waals surface area contributed by atoms with Crippen LogP contribution in [0.25, 0.3) is 0 Å². The summed E-state index contributed by atoms with van der Waals surface area (Å²) in [5.74, 6) is 1.10. The maximum absolute atomic E-state index is 12.1. The zero-order valence-corrected chi connectivity index (χ0v) is 13.2. The lowest BCUT2D eigenvalue weighted by Crippen LogP contribution is -2.24. The Labute approximate surface area is 124 Å². The largest absolute Gasteiger partial charge is 0.303 e. The van der Waals surface area contributed by atoms with Crippen LogP contribution < -0.4 is 0 Å². The fraction of sp³-hybridized carbons (Fsp3) is 0.562. The molecule has 1 aliphatic heterocycles. The van der Waals surface area contributed by atoms with Crippen LogP contribution in [-0.2, 0) is 0 Å². The molecule has 1 fully saturated rings. The van der Waals surface area contributed by atoms with Gasteiger partial charge in [-0.2, -0.15) is 0 Å². The van der Waals surface area contributed by atoms with Crippen molar-refractivity contribution in [1.29, 1.82) is 0 Å². The number of likely N-dealkylation sites (tertiary alicyclic amines) is 1. The van der Waals surface area contributed by atoms with E-state index in [4.69, 9.17) is 0 Å². The van der Waals surface area contributed by atoms with Gasteiger partial charge >= 0.3 is 0 Å². The summed E-state index contributed by atoms with van der Waals surface area (Å²) in [5.41, 5.74) is 0.818. The van der Waals surface area contributed by atoms with Crippen LogP contribution >= 0.6 is 15.9 Å². The third-order valence-corrected chi connectivity index (χ3v) is 4.36. The highest BCUT2D eigenvalue weighted by Crippen LogP contribution is 2.21. The fourth-order valence-corrected chi connectivity index (χ4v) is 3.22. The molecule has 0 N–H and O–H groups in total. The molecule has 104 valence electrons. The third-order valence-electron chi connectivity index (χ3n) is 3.87. The number of hydrogen-bond donors (Lipinski definition) is 0. The molecular weight excluding hydrogens is 302 g/mol. The Morgan fingerprint density at radius 3 is 3.05 bits per heavy atom. The highest BCUT2D eigenvalue weighted by molar-refractivity contribution is 9.10. The molecule has 0 radical (unpaired) electrons. The molecule has 0 aliphatic carbocycles. The monoisotopic (exact) mass is 323 g/mol. The van der Waals surface area contributed by atoms with E-state index in [1.165, 1.54) is 25.8 Å². The first-order valence-electron chi connectivity index (χ1n) is 7.20. The summed E-state index contributed by atoms with van der Waals surface area (Å²) in [6, 6.07) is 7.68. The molecule has 1 unspecified atom stereocenters. The van der Waals surface area contributed by atoms with Gasteiger partial charge in [0.15, 0.2) is 5.78 Å². The van der Waals surface area contributed by atoms with Gasteiger partial charge in [0.05, 0.1) is 0 Å². The van der Waals surface area contributed by atoms with Crippen LogP contribution in [0.3, 0.4) is 0 Å². The summed E-state index contributed by atoms with van der Waals surface area (Å²) in [4.78, 5) is 14.6. The number of nitrogens with zero attached hydrogens (tertiary/aromatic N) is 1. The molecule has 1 aromatic rings. The minimum atomic E-state index is 0.250. The van der Waals surface area contributed by atoms with Crippen molar-refractivity contribution in [1.82, 2.24) is 4.90 Å². The molecule has 0 aromatic heterocycles. The van der Waals surface area contributed by atoms with Gasteiger partial charge < -0.3 is 4.90 Å². The predicted octanol–water partition coefficient (Wildman–Crippen LogP) is 4.14. The molecule has 1 atom stereocenters. The molecule has 0 amide bonds. The number of rotatable bonds is 6. The first-order chi connectivity index (χ1) is 9.19. The van der Waals surface area contributed by atoms with Crippen molar-refractivity contribution in [3.05, 3.63) is 34.3 Å². The van der Waals surface area contributed by atoms with Gasteiger partial charge in [0, 0.05) is 29.5 Å². The smallest absolute Gasteiger partial charge is 0.164 e. The van der Waals surface area contributed by atoms with E-state index in [9.17, 15) is 4.79 Å². The number of ketones is 1. The van der Waals surface area contributed by atoms with Crippen LogP contribution in [0.15, 0.2) is 28.7 Å². The normalized spacial score (nSPS) is 19.8. The second-order valence-corrected chi connectivity index (χ2v) is 6.34. The van der Waals surface area contributed by atoms with Crippen LogP contribution in [0, 0.1) is 5.92 Å². The summed E-state index contributed by atoms with van der Waals surface area (Å²) in [6.45, 7) is 5.50. The summed E-state index contributed by atoms with van der Waals surface area (Å²) in [6.07, 6.45) is 4.54. The molecule has 3 heteroatoms. The van der Waals surface area contributed by atoms with Gasteiger partial charge in [-0.25, -0.2) is 0 Å². The lowest BCUT2D eigenvalue weighted by molar-refractivity contribution is 0.0968. The SMILES string of the molecule is CCCC1CCN(CCC(=O)c2cccc(Br)c2)C1. The van der Waals surface area contributed by atoms with Crippen molar-refractivity contribution in [2.24, 2.45) is 5.92 Å². The Bertz CT molecular complexity index is 433. The number of benzene rings is 1. The topological polar surface area (TPSA) is 20.3 Å². The molecule has 1 aromatic carbocycles. The number of carbonyl (C=O) groups excluding carboxylic acids is 1. The molecule has 0 bridgehead atoms. The van der Waals surface area contributed by atoms with Crippen LogP contribution in [0.2, 0.25) is 0 Å². The molecule has 2 rings (SSSR count). The standard InChI is InChI=1S/C16H22BrNO/c1-2-4-13-7-9-18(12-13)10-8-16(19)14-5-3-6-15(17)11-14/h3,5-6,11,13H,2,4,7-10,12H2,1H3. The minimum Gasteiger partial charge on any atom is -0.303 e. The second kappa shape index (κ2) is 7.20. The Hall–Kier alpha value is -0.670. The van der Waals surface area contributed by atoms with E-state index < -0.39 is 0 Å². The van der Waals surface area contributed by atoms with E-state index in [0.717, 1.165) is 29.0 Å². The number of Topliss-reactive ketones (excluding diaryl/α,β-unsaturated/α-hetero) is 1. The van der Waals surface area contributed by atoms with Crippen LogP contribution in [0.5, 0.6) is 0 Å². The van der Waals surface area contributed by atoms with Crippen molar-refractivity contribution in [2.75, 3.05) is 19.6 Å². The number of carbonyl (C=O) groups is 1. The van der Waals surface area contributed by atoms with Crippen LogP contribution in [0.1, 0.15) is 43.0 Å². The van der Waals surface area contributed by atoms with Gasteiger partial charge in [0.1, 0.15) is 0 Å². The molecule has 0 saturated carbocycles. The van der Waals surface area contributed by atoms with E-state index in [0.29, 0.717) is 6.42 Å². The van der Waals surface area contributed by atoms with E-state index in [-0.39, 0.29) is 5.78 Å². The lowest BCUT2D eigenvalue weighted by Gasteiger charge is -2.15. The molecule has 1 aliphatic rings. The molecule has 1 heterocycles. The molecule has 1 saturated heterocycles. The van der Waals surface area contributed by atoms with Gasteiger partial charge in [0.2, 0.25) is 0 Å². The minimum absolute atomic E-state index is 0.250. The molecular formula is C16H22BrNO. The van der Waals surface area contributed by atoms with Gasteiger partial charge in [-0.15, -0.1) is 0 Å². The Kier molecular flexibility index (Phi) is 5.59. The Morgan fingerprint density at radius 1 is 1.47 bits per heavy atom. The van der Waals surface area contributed by atoms with Gasteiger partial charge in [-0.05, 0) is 37.4 Å². The van der Waals surface area contributed by atoms with Crippen molar-refractivity contribution in [2.45, 2.75) is 32.6 Å². The zero-order chi connectivity index (χ0) is 13.7. The van der Waals surface area contributed by atoms with Crippen molar-refractivity contribution in [3.63, 3.8) is 0 Å². The van der Waals surface area contributed by atoms with Gasteiger partial charge in [-0.3, -0.25) is 4.79 Å². The summed E-state index contributed by atoms with van der Waals surface area (Å²) < 4.78 is 0.975. The van der Waals surface area contributed by atoms with Crippen molar-refractivity contribution in [3.8, 4) is 0 Å². The Balaban J connectivity index is 1.78. The quantitative estimate of drug-likeness (QED) is 0.733. The molecule has 2 nitrogen and oxygen atoms in total. The summed E-state index contributed by atoms with van der Waals surface area (Å²) in [7, 11) is 0. The summed E-state index contributed by atoms with van der Waals surface area (Å²) in [5, 5.41) is 0. The zero-order valence-electron chi connectivity index (χ0n) is 11.6. The average Bonchev–Trinajstić information content (AvgIpc) is 2.84. The van der Waals surface area contributed by atoms with E-state index in [1.807, 2.05) is 24.3 Å². The maximum Gasteiger partial charge on any atom is 0.164 e. The Morgan fingerprint density at radius 2 is 2.32 bits per heavy atom. The predicted molar refractivity (Wildman–Crippen MR) is 82.5 cm³/mol. The lowest BCUT2D eigenvalue weighted by atomic mass is 10.0. The van der Waals surface area contributed by atoms with E-state index in [1.54, 1.807) is 0 Å². The third kappa shape index (κ3) is 4.43. The first kappa shape index (κ1) is 14.7. The number of hydrogen-bond acceptors (Lipinski definition) is 2. The highest BCUT2D eigenvalue weighted by atomic mass is 79.9. The van der Waals surface area contributed by atoms with Crippen molar-refractivity contribution < 1.29 is 4.79 Å². The maximum atomic E-state index is 12.1. The van der Waals surface area contributed by atoms with Crippen molar-refractivity contribution >= 4 is 21.7 Å². The molecule has 0 spiro atoms. The van der Waals surface area contributed by atoms with E-state index >= 15 is 0 Å².